The van der Waals surface area contributed by atoms with Gasteiger partial charge >= 0.3 is 0 Å². The summed E-state index contributed by atoms with van der Waals surface area (Å²) in [5.41, 5.74) is 8.13. The Hall–Kier alpha value is -2.17. The summed E-state index contributed by atoms with van der Waals surface area (Å²) in [6.45, 7) is 3.26. The molecule has 0 radical (unpaired) electrons. The van der Waals surface area contributed by atoms with Gasteiger partial charge in [0, 0.05) is 26.2 Å². The number of hydrogen-bond donors (Lipinski definition) is 1. The van der Waals surface area contributed by atoms with Crippen LogP contribution in [0.4, 0.5) is 0 Å². The number of rotatable bonds is 4. The van der Waals surface area contributed by atoms with E-state index in [-0.39, 0.29) is 11.9 Å². The molecule has 2 aromatic carbocycles. The second-order valence-electron chi connectivity index (χ2n) is 7.21. The highest BCUT2D eigenvalue weighted by molar-refractivity contribution is 5.89. The van der Waals surface area contributed by atoms with Crippen molar-refractivity contribution in [3.63, 3.8) is 0 Å². The van der Waals surface area contributed by atoms with Crippen molar-refractivity contribution >= 4 is 5.91 Å². The standard InChI is InChI=1S/C21H25N3O/c22-21(11-12-21)20(25)24-15-13-23(14-16-24)19(17-7-3-1-4-8-17)18-9-5-2-6-10-18/h1-10,19H,11-16,22H2. The van der Waals surface area contributed by atoms with Gasteiger partial charge in [0.25, 0.3) is 0 Å². The maximum Gasteiger partial charge on any atom is 0.242 e. The van der Waals surface area contributed by atoms with Crippen molar-refractivity contribution < 1.29 is 4.79 Å². The fourth-order valence-electron chi connectivity index (χ4n) is 3.73. The van der Waals surface area contributed by atoms with E-state index in [4.69, 9.17) is 5.73 Å². The molecule has 1 saturated carbocycles. The van der Waals surface area contributed by atoms with Crippen LogP contribution < -0.4 is 5.73 Å². The van der Waals surface area contributed by atoms with Crippen molar-refractivity contribution in [3.8, 4) is 0 Å². The molecule has 1 aliphatic carbocycles. The lowest BCUT2D eigenvalue weighted by Gasteiger charge is -2.40. The predicted octanol–water partition coefficient (Wildman–Crippen LogP) is 2.41. The molecule has 0 atom stereocenters. The van der Waals surface area contributed by atoms with Crippen LogP contribution in [0.1, 0.15) is 30.0 Å². The molecular formula is C21H25N3O. The summed E-state index contributed by atoms with van der Waals surface area (Å²) < 4.78 is 0. The molecule has 2 fully saturated rings. The van der Waals surface area contributed by atoms with E-state index in [9.17, 15) is 4.79 Å². The molecule has 2 N–H and O–H groups in total. The number of nitrogens with two attached hydrogens (primary N) is 1. The minimum atomic E-state index is -0.555. The van der Waals surface area contributed by atoms with E-state index in [0.29, 0.717) is 0 Å². The van der Waals surface area contributed by atoms with Crippen molar-refractivity contribution in [2.24, 2.45) is 5.73 Å². The first kappa shape index (κ1) is 16.3. The average Bonchev–Trinajstić information content (AvgIpc) is 3.42. The Morgan fingerprint density at radius 3 is 1.76 bits per heavy atom. The first-order chi connectivity index (χ1) is 12.2. The zero-order valence-electron chi connectivity index (χ0n) is 14.5. The maximum atomic E-state index is 12.5. The zero-order chi connectivity index (χ0) is 17.3. The van der Waals surface area contributed by atoms with E-state index < -0.39 is 5.54 Å². The topological polar surface area (TPSA) is 49.6 Å². The summed E-state index contributed by atoms with van der Waals surface area (Å²) in [7, 11) is 0. The lowest BCUT2D eigenvalue weighted by atomic mass is 9.96. The van der Waals surface area contributed by atoms with Crippen LogP contribution in [0.2, 0.25) is 0 Å². The van der Waals surface area contributed by atoms with Gasteiger partial charge < -0.3 is 10.6 Å². The van der Waals surface area contributed by atoms with Gasteiger partial charge in [0.15, 0.2) is 0 Å². The zero-order valence-corrected chi connectivity index (χ0v) is 14.5. The van der Waals surface area contributed by atoms with Gasteiger partial charge in [-0.3, -0.25) is 9.69 Å². The fourth-order valence-corrected chi connectivity index (χ4v) is 3.73. The van der Waals surface area contributed by atoms with Crippen LogP contribution in [0.15, 0.2) is 60.7 Å². The maximum absolute atomic E-state index is 12.5. The summed E-state index contributed by atoms with van der Waals surface area (Å²) in [4.78, 5) is 16.9. The van der Waals surface area contributed by atoms with E-state index in [0.717, 1.165) is 39.0 Å². The predicted molar refractivity (Wildman–Crippen MR) is 99.0 cm³/mol. The third-order valence-electron chi connectivity index (χ3n) is 5.41. The second-order valence-corrected chi connectivity index (χ2v) is 7.21. The smallest absolute Gasteiger partial charge is 0.242 e. The molecular weight excluding hydrogens is 310 g/mol. The Morgan fingerprint density at radius 2 is 1.32 bits per heavy atom. The van der Waals surface area contributed by atoms with E-state index in [2.05, 4.69) is 65.6 Å². The molecule has 2 aliphatic rings. The number of carbonyl (C=O) groups excluding carboxylic acids is 1. The molecule has 130 valence electrons. The third kappa shape index (κ3) is 3.32. The Kier molecular flexibility index (Phi) is 4.32. The fraction of sp³-hybridized carbons (Fsp3) is 0.381. The summed E-state index contributed by atoms with van der Waals surface area (Å²) >= 11 is 0. The number of amides is 1. The van der Waals surface area contributed by atoms with Gasteiger partial charge in [0.1, 0.15) is 0 Å². The van der Waals surface area contributed by atoms with Crippen LogP contribution in [-0.2, 0) is 4.79 Å². The monoisotopic (exact) mass is 335 g/mol. The summed E-state index contributed by atoms with van der Waals surface area (Å²) in [5, 5.41) is 0. The van der Waals surface area contributed by atoms with E-state index in [1.165, 1.54) is 11.1 Å². The van der Waals surface area contributed by atoms with Crippen LogP contribution in [0.25, 0.3) is 0 Å². The van der Waals surface area contributed by atoms with Gasteiger partial charge in [-0.2, -0.15) is 0 Å². The summed E-state index contributed by atoms with van der Waals surface area (Å²) in [6.07, 6.45) is 1.67. The highest BCUT2D eigenvalue weighted by atomic mass is 16.2. The molecule has 0 spiro atoms. The molecule has 1 amide bonds. The molecule has 4 rings (SSSR count). The van der Waals surface area contributed by atoms with Gasteiger partial charge in [-0.05, 0) is 24.0 Å². The number of benzene rings is 2. The van der Waals surface area contributed by atoms with Crippen LogP contribution in [0, 0.1) is 0 Å². The average molecular weight is 335 g/mol. The van der Waals surface area contributed by atoms with Crippen LogP contribution >= 0.6 is 0 Å². The molecule has 1 saturated heterocycles. The van der Waals surface area contributed by atoms with Gasteiger partial charge in [0.05, 0.1) is 11.6 Å². The molecule has 2 aromatic rings. The largest absolute Gasteiger partial charge is 0.339 e. The Balaban J connectivity index is 1.52. The van der Waals surface area contributed by atoms with E-state index in [1.807, 2.05) is 4.90 Å². The van der Waals surface area contributed by atoms with Crippen molar-refractivity contribution in [3.05, 3.63) is 71.8 Å². The van der Waals surface area contributed by atoms with Crippen LogP contribution in [0.5, 0.6) is 0 Å². The molecule has 1 aliphatic heterocycles. The van der Waals surface area contributed by atoms with Gasteiger partial charge in [-0.15, -0.1) is 0 Å². The lowest BCUT2D eigenvalue weighted by Crippen LogP contribution is -2.54. The number of carbonyl (C=O) groups is 1. The minimum Gasteiger partial charge on any atom is -0.339 e. The first-order valence-corrected chi connectivity index (χ1v) is 9.10. The van der Waals surface area contributed by atoms with Crippen molar-refractivity contribution in [2.75, 3.05) is 26.2 Å². The highest BCUT2D eigenvalue weighted by Gasteiger charge is 2.48. The third-order valence-corrected chi connectivity index (χ3v) is 5.41. The molecule has 4 heteroatoms. The quantitative estimate of drug-likeness (QED) is 0.933. The summed E-state index contributed by atoms with van der Waals surface area (Å²) in [6, 6.07) is 21.5. The lowest BCUT2D eigenvalue weighted by molar-refractivity contribution is -0.135. The Labute approximate surface area is 149 Å². The minimum absolute atomic E-state index is 0.142. The van der Waals surface area contributed by atoms with Gasteiger partial charge in [-0.1, -0.05) is 60.7 Å². The van der Waals surface area contributed by atoms with Crippen LogP contribution in [-0.4, -0.2) is 47.4 Å². The molecule has 0 aromatic heterocycles. The second kappa shape index (κ2) is 6.62. The Bertz CT molecular complexity index is 680. The molecule has 0 bridgehead atoms. The van der Waals surface area contributed by atoms with Crippen molar-refractivity contribution in [1.82, 2.24) is 9.80 Å². The van der Waals surface area contributed by atoms with Crippen LogP contribution in [0.3, 0.4) is 0 Å². The number of nitrogens with zero attached hydrogens (tertiary/aromatic N) is 2. The Morgan fingerprint density at radius 1 is 0.840 bits per heavy atom. The van der Waals surface area contributed by atoms with E-state index in [1.54, 1.807) is 0 Å². The number of piperazine rings is 1. The van der Waals surface area contributed by atoms with Gasteiger partial charge in [0.2, 0.25) is 5.91 Å². The van der Waals surface area contributed by atoms with Gasteiger partial charge in [-0.25, -0.2) is 0 Å². The molecule has 25 heavy (non-hydrogen) atoms. The molecule has 1 heterocycles. The summed E-state index contributed by atoms with van der Waals surface area (Å²) in [5.74, 6) is 0.142. The number of hydrogen-bond acceptors (Lipinski definition) is 3. The molecule has 0 unspecified atom stereocenters. The highest BCUT2D eigenvalue weighted by Crippen LogP contribution is 2.35. The van der Waals surface area contributed by atoms with Crippen molar-refractivity contribution in [2.45, 2.75) is 24.4 Å². The molecule has 4 nitrogen and oxygen atoms in total. The normalized spacial score (nSPS) is 19.8. The van der Waals surface area contributed by atoms with E-state index >= 15 is 0 Å². The SMILES string of the molecule is NC1(C(=O)N2CCN(C(c3ccccc3)c3ccccc3)CC2)CC1. The van der Waals surface area contributed by atoms with Crippen molar-refractivity contribution in [1.29, 1.82) is 0 Å². The first-order valence-electron chi connectivity index (χ1n) is 9.10.